The van der Waals surface area contributed by atoms with Crippen LogP contribution in [0.4, 0.5) is 0 Å². The Bertz CT molecular complexity index is 629. The van der Waals surface area contributed by atoms with Crippen molar-refractivity contribution in [3.63, 3.8) is 0 Å². The lowest BCUT2D eigenvalue weighted by Gasteiger charge is -2.21. The topological polar surface area (TPSA) is 67.0 Å². The van der Waals surface area contributed by atoms with Gasteiger partial charge >= 0.3 is 0 Å². The Kier molecular flexibility index (Phi) is 4.20. The molecule has 1 amide bonds. The van der Waals surface area contributed by atoms with E-state index < -0.39 is 0 Å². The number of aromatic nitrogens is 2. The van der Waals surface area contributed by atoms with Crippen LogP contribution in [0.15, 0.2) is 18.2 Å². The largest absolute Gasteiger partial charge is 0.381 e. The Morgan fingerprint density at radius 3 is 3.19 bits per heavy atom. The molecule has 2 heterocycles. The fraction of sp³-hybridized carbons (Fsp3) is 0.500. The molecular weight excluding hydrogens is 266 g/mol. The molecule has 112 valence electrons. The van der Waals surface area contributed by atoms with Gasteiger partial charge in [0.05, 0.1) is 17.6 Å². The van der Waals surface area contributed by atoms with Crippen molar-refractivity contribution in [2.45, 2.75) is 32.7 Å². The van der Waals surface area contributed by atoms with Crippen LogP contribution in [0.25, 0.3) is 11.0 Å². The normalized spacial score (nSPS) is 18.8. The predicted octanol–water partition coefficient (Wildman–Crippen LogP) is 2.30. The van der Waals surface area contributed by atoms with Crippen molar-refractivity contribution in [3.05, 3.63) is 29.6 Å². The first-order chi connectivity index (χ1) is 10.2. The molecule has 0 radical (unpaired) electrons. The number of carbonyl (C=O) groups is 1. The summed E-state index contributed by atoms with van der Waals surface area (Å²) in [6, 6.07) is 6.04. The molecule has 2 aromatic rings. The van der Waals surface area contributed by atoms with Crippen molar-refractivity contribution < 1.29 is 9.53 Å². The molecule has 0 bridgehead atoms. The fourth-order valence-corrected chi connectivity index (χ4v) is 2.80. The highest BCUT2D eigenvalue weighted by molar-refractivity contribution is 5.79. The highest BCUT2D eigenvalue weighted by Gasteiger charge is 2.17. The maximum Gasteiger partial charge on any atom is 0.220 e. The molecule has 0 unspecified atom stereocenters. The van der Waals surface area contributed by atoms with Crippen LogP contribution in [0.1, 0.15) is 30.7 Å². The summed E-state index contributed by atoms with van der Waals surface area (Å²) in [6.45, 7) is 4.02. The molecule has 5 heteroatoms. The van der Waals surface area contributed by atoms with E-state index in [0.717, 1.165) is 41.9 Å². The molecule has 0 aliphatic carbocycles. The van der Waals surface area contributed by atoms with Gasteiger partial charge in [0.15, 0.2) is 0 Å². The maximum atomic E-state index is 12.0. The number of rotatable bonds is 4. The minimum Gasteiger partial charge on any atom is -0.381 e. The highest BCUT2D eigenvalue weighted by atomic mass is 16.5. The summed E-state index contributed by atoms with van der Waals surface area (Å²) in [5, 5.41) is 2.94. The zero-order valence-corrected chi connectivity index (χ0v) is 12.3. The zero-order valence-electron chi connectivity index (χ0n) is 12.3. The second-order valence-corrected chi connectivity index (χ2v) is 5.72. The smallest absolute Gasteiger partial charge is 0.220 e. The number of aromatic amines is 1. The molecule has 5 nitrogen and oxygen atoms in total. The maximum absolute atomic E-state index is 12.0. The van der Waals surface area contributed by atoms with E-state index >= 15 is 0 Å². The van der Waals surface area contributed by atoms with Gasteiger partial charge in [-0.25, -0.2) is 4.98 Å². The van der Waals surface area contributed by atoms with Crippen LogP contribution < -0.4 is 5.32 Å². The van der Waals surface area contributed by atoms with Gasteiger partial charge in [-0.1, -0.05) is 12.1 Å². The molecule has 1 saturated heterocycles. The first kappa shape index (κ1) is 14.1. The van der Waals surface area contributed by atoms with Gasteiger partial charge in [0.25, 0.3) is 0 Å². The summed E-state index contributed by atoms with van der Waals surface area (Å²) in [5.41, 5.74) is 3.13. The summed E-state index contributed by atoms with van der Waals surface area (Å²) in [5.74, 6) is 1.23. The molecule has 0 spiro atoms. The van der Waals surface area contributed by atoms with Crippen LogP contribution in [-0.4, -0.2) is 29.1 Å². The van der Waals surface area contributed by atoms with Crippen molar-refractivity contribution in [1.29, 1.82) is 0 Å². The van der Waals surface area contributed by atoms with Crippen molar-refractivity contribution in [2.24, 2.45) is 5.92 Å². The third kappa shape index (κ3) is 3.42. The Balaban J connectivity index is 1.55. The number of fused-ring (bicyclic) bond motifs is 1. The van der Waals surface area contributed by atoms with Gasteiger partial charge in [0.1, 0.15) is 5.82 Å². The number of amides is 1. The summed E-state index contributed by atoms with van der Waals surface area (Å²) >= 11 is 0. The number of para-hydroxylation sites is 1. The van der Waals surface area contributed by atoms with Crippen LogP contribution in [0.2, 0.25) is 0 Å². The van der Waals surface area contributed by atoms with E-state index in [1.807, 2.05) is 25.1 Å². The van der Waals surface area contributed by atoms with E-state index in [9.17, 15) is 4.79 Å². The monoisotopic (exact) mass is 287 g/mol. The van der Waals surface area contributed by atoms with E-state index in [2.05, 4.69) is 15.3 Å². The van der Waals surface area contributed by atoms with Crippen LogP contribution >= 0.6 is 0 Å². The minimum absolute atomic E-state index is 0.0719. The molecule has 2 N–H and O–H groups in total. The lowest BCUT2D eigenvalue weighted by molar-refractivity contribution is -0.123. The Morgan fingerprint density at radius 1 is 1.52 bits per heavy atom. The lowest BCUT2D eigenvalue weighted by atomic mass is 9.98. The lowest BCUT2D eigenvalue weighted by Crippen LogP contribution is -2.28. The van der Waals surface area contributed by atoms with Gasteiger partial charge in [-0.2, -0.15) is 0 Å². The SMILES string of the molecule is Cc1cccc2[nH]c(CNC(=O)C[C@@H]3CCCOC3)nc12. The van der Waals surface area contributed by atoms with Gasteiger partial charge < -0.3 is 15.0 Å². The molecule has 0 saturated carbocycles. The summed E-state index contributed by atoms with van der Waals surface area (Å²) < 4.78 is 5.40. The van der Waals surface area contributed by atoms with Crippen molar-refractivity contribution >= 4 is 16.9 Å². The molecular formula is C16H21N3O2. The van der Waals surface area contributed by atoms with E-state index in [-0.39, 0.29) is 5.91 Å². The molecule has 1 aliphatic heterocycles. The van der Waals surface area contributed by atoms with Gasteiger partial charge in [-0.15, -0.1) is 0 Å². The zero-order chi connectivity index (χ0) is 14.7. The summed E-state index contributed by atoms with van der Waals surface area (Å²) in [6.07, 6.45) is 2.68. The van der Waals surface area contributed by atoms with E-state index in [4.69, 9.17) is 4.74 Å². The average Bonchev–Trinajstić information content (AvgIpc) is 2.91. The molecule has 1 fully saturated rings. The van der Waals surface area contributed by atoms with Gasteiger partial charge in [0, 0.05) is 19.6 Å². The number of benzene rings is 1. The summed E-state index contributed by atoms with van der Waals surface area (Å²) in [4.78, 5) is 19.7. The number of carbonyl (C=O) groups excluding carboxylic acids is 1. The molecule has 1 atom stereocenters. The minimum atomic E-state index is 0.0719. The van der Waals surface area contributed by atoms with Crippen molar-refractivity contribution in [2.75, 3.05) is 13.2 Å². The number of nitrogens with zero attached hydrogens (tertiary/aromatic N) is 1. The van der Waals surface area contributed by atoms with Gasteiger partial charge in [-0.3, -0.25) is 4.79 Å². The molecule has 1 aromatic carbocycles. The quantitative estimate of drug-likeness (QED) is 0.906. The van der Waals surface area contributed by atoms with Crippen LogP contribution in [0.5, 0.6) is 0 Å². The number of H-pyrrole nitrogens is 1. The molecule has 3 rings (SSSR count). The van der Waals surface area contributed by atoms with Crippen molar-refractivity contribution in [1.82, 2.24) is 15.3 Å². The van der Waals surface area contributed by atoms with E-state index in [1.165, 1.54) is 0 Å². The Hall–Kier alpha value is -1.88. The number of aryl methyl sites for hydroxylation is 1. The van der Waals surface area contributed by atoms with Crippen LogP contribution in [0, 0.1) is 12.8 Å². The number of ether oxygens (including phenoxy) is 1. The van der Waals surface area contributed by atoms with Crippen molar-refractivity contribution in [3.8, 4) is 0 Å². The molecule has 1 aromatic heterocycles. The van der Waals surface area contributed by atoms with Gasteiger partial charge in [-0.05, 0) is 37.3 Å². The third-order valence-electron chi connectivity index (χ3n) is 3.95. The highest BCUT2D eigenvalue weighted by Crippen LogP contribution is 2.17. The fourth-order valence-electron chi connectivity index (χ4n) is 2.80. The first-order valence-corrected chi connectivity index (χ1v) is 7.51. The molecule has 21 heavy (non-hydrogen) atoms. The second kappa shape index (κ2) is 6.26. The summed E-state index contributed by atoms with van der Waals surface area (Å²) in [7, 11) is 0. The van der Waals surface area contributed by atoms with E-state index in [1.54, 1.807) is 0 Å². The number of imidazole rings is 1. The standard InChI is InChI=1S/C16H21N3O2/c1-11-4-2-6-13-16(11)19-14(18-13)9-17-15(20)8-12-5-3-7-21-10-12/h2,4,6,12H,3,5,7-10H2,1H3,(H,17,20)(H,18,19)/t12-/m0/s1. The number of nitrogens with one attached hydrogen (secondary N) is 2. The Labute approximate surface area is 124 Å². The predicted molar refractivity (Wildman–Crippen MR) is 80.8 cm³/mol. The average molecular weight is 287 g/mol. The first-order valence-electron chi connectivity index (χ1n) is 7.51. The molecule has 1 aliphatic rings. The number of hydrogen-bond donors (Lipinski definition) is 2. The Morgan fingerprint density at radius 2 is 2.43 bits per heavy atom. The van der Waals surface area contributed by atoms with Crippen LogP contribution in [0.3, 0.4) is 0 Å². The second-order valence-electron chi connectivity index (χ2n) is 5.72. The van der Waals surface area contributed by atoms with E-state index in [0.29, 0.717) is 25.5 Å². The number of hydrogen-bond acceptors (Lipinski definition) is 3. The third-order valence-corrected chi connectivity index (χ3v) is 3.95. The van der Waals surface area contributed by atoms with Crippen LogP contribution in [-0.2, 0) is 16.1 Å². The van der Waals surface area contributed by atoms with Gasteiger partial charge in [0.2, 0.25) is 5.91 Å².